The van der Waals surface area contributed by atoms with Crippen LogP contribution in [0.5, 0.6) is 0 Å². The van der Waals surface area contributed by atoms with E-state index >= 15 is 0 Å². The van der Waals surface area contributed by atoms with Crippen LogP contribution in [0, 0.1) is 11.3 Å². The Hall–Kier alpha value is -1.26. The molecule has 2 amide bonds. The Kier molecular flexibility index (Phi) is 4.49. The van der Waals surface area contributed by atoms with Crippen molar-refractivity contribution < 1.29 is 9.59 Å². The van der Waals surface area contributed by atoms with Crippen molar-refractivity contribution in [3.8, 4) is 0 Å². The summed E-state index contributed by atoms with van der Waals surface area (Å²) >= 11 is 12.1. The van der Waals surface area contributed by atoms with Gasteiger partial charge in [0, 0.05) is 12.5 Å². The van der Waals surface area contributed by atoms with Gasteiger partial charge in [-0.2, -0.15) is 0 Å². The monoisotopic (exact) mass is 328 g/mol. The van der Waals surface area contributed by atoms with Gasteiger partial charge in [0.2, 0.25) is 11.8 Å². The number of primary amides is 1. The highest BCUT2D eigenvalue weighted by atomic mass is 35.5. The number of amides is 2. The fraction of sp³-hybridized carbons (Fsp3) is 0.467. The van der Waals surface area contributed by atoms with E-state index in [1.54, 1.807) is 19.9 Å². The number of halogens is 2. The van der Waals surface area contributed by atoms with Crippen molar-refractivity contribution in [1.29, 1.82) is 0 Å². The highest BCUT2D eigenvalue weighted by Gasteiger charge is 2.45. The van der Waals surface area contributed by atoms with Crippen LogP contribution in [0.2, 0.25) is 10.0 Å². The molecule has 6 heteroatoms. The number of hydrogen-bond donors (Lipinski definition) is 2. The smallest absolute Gasteiger partial charge is 0.224 e. The molecule has 0 aliphatic heterocycles. The summed E-state index contributed by atoms with van der Waals surface area (Å²) in [5.41, 5.74) is 5.43. The lowest BCUT2D eigenvalue weighted by Gasteiger charge is -2.20. The van der Waals surface area contributed by atoms with Gasteiger partial charge in [-0.1, -0.05) is 35.3 Å². The first-order chi connectivity index (χ1) is 9.74. The van der Waals surface area contributed by atoms with Gasteiger partial charge in [0.15, 0.2) is 0 Å². The molecule has 0 unspecified atom stereocenters. The first-order valence-corrected chi connectivity index (χ1v) is 7.51. The lowest BCUT2D eigenvalue weighted by molar-refractivity contribution is -0.127. The van der Waals surface area contributed by atoms with Gasteiger partial charge in [-0.3, -0.25) is 9.59 Å². The van der Waals surface area contributed by atoms with Crippen molar-refractivity contribution >= 4 is 35.0 Å². The summed E-state index contributed by atoms with van der Waals surface area (Å²) in [6.45, 7) is 3.63. The molecule has 1 aromatic carbocycles. The Morgan fingerprint density at radius 2 is 2.05 bits per heavy atom. The van der Waals surface area contributed by atoms with Crippen molar-refractivity contribution in [3.63, 3.8) is 0 Å². The van der Waals surface area contributed by atoms with E-state index < -0.39 is 11.3 Å². The van der Waals surface area contributed by atoms with E-state index in [0.717, 1.165) is 12.0 Å². The number of carbonyl (C=O) groups excluding carboxylic acids is 2. The van der Waals surface area contributed by atoms with Gasteiger partial charge in [0.05, 0.1) is 15.5 Å². The molecular weight excluding hydrogens is 311 g/mol. The predicted molar refractivity (Wildman–Crippen MR) is 83.3 cm³/mol. The largest absolute Gasteiger partial charge is 0.369 e. The SMILES string of the molecule is CC(C)(CNC(=O)[C@H]1C[C@H]1c1cccc(Cl)c1Cl)C(N)=O. The summed E-state index contributed by atoms with van der Waals surface area (Å²) in [7, 11) is 0. The zero-order valence-corrected chi connectivity index (χ0v) is 13.5. The standard InChI is InChI=1S/C15H18Cl2N2O2/c1-15(2,14(18)21)7-19-13(20)10-6-9(10)8-4-3-5-11(16)12(8)17/h3-5,9-10H,6-7H2,1-2H3,(H2,18,21)(H,19,20)/t9-,10-/m0/s1. The van der Waals surface area contributed by atoms with E-state index in [0.29, 0.717) is 10.0 Å². The van der Waals surface area contributed by atoms with Crippen LogP contribution in [0.1, 0.15) is 31.7 Å². The molecular formula is C15H18Cl2N2O2. The molecule has 1 saturated carbocycles. The van der Waals surface area contributed by atoms with Gasteiger partial charge in [-0.15, -0.1) is 0 Å². The van der Waals surface area contributed by atoms with Crippen molar-refractivity contribution in [3.05, 3.63) is 33.8 Å². The molecule has 114 valence electrons. The van der Waals surface area contributed by atoms with Gasteiger partial charge in [0.1, 0.15) is 0 Å². The van der Waals surface area contributed by atoms with Crippen molar-refractivity contribution in [2.45, 2.75) is 26.2 Å². The number of hydrogen-bond acceptors (Lipinski definition) is 2. The molecule has 2 rings (SSSR count). The van der Waals surface area contributed by atoms with Crippen LogP contribution >= 0.6 is 23.2 Å². The van der Waals surface area contributed by atoms with Crippen molar-refractivity contribution in [2.75, 3.05) is 6.54 Å². The number of nitrogens with two attached hydrogens (primary N) is 1. The van der Waals surface area contributed by atoms with E-state index in [9.17, 15) is 9.59 Å². The molecule has 0 heterocycles. The minimum atomic E-state index is -0.756. The third-order valence-electron chi connectivity index (χ3n) is 3.88. The third kappa shape index (κ3) is 3.50. The molecule has 21 heavy (non-hydrogen) atoms. The molecule has 2 atom stereocenters. The van der Waals surface area contributed by atoms with Crippen molar-refractivity contribution in [1.82, 2.24) is 5.32 Å². The van der Waals surface area contributed by atoms with Gasteiger partial charge in [-0.05, 0) is 37.8 Å². The molecule has 1 aliphatic carbocycles. The van der Waals surface area contributed by atoms with Crippen LogP contribution < -0.4 is 11.1 Å². The summed E-state index contributed by atoms with van der Waals surface area (Å²) in [6.07, 6.45) is 0.739. The Balaban J connectivity index is 1.96. The molecule has 3 N–H and O–H groups in total. The van der Waals surface area contributed by atoms with Crippen LogP contribution in [0.4, 0.5) is 0 Å². The topological polar surface area (TPSA) is 72.2 Å². The molecule has 0 saturated heterocycles. The van der Waals surface area contributed by atoms with E-state index in [1.165, 1.54) is 0 Å². The Bertz CT molecular complexity index is 587. The summed E-state index contributed by atoms with van der Waals surface area (Å²) in [4.78, 5) is 23.3. The quantitative estimate of drug-likeness (QED) is 0.872. The first kappa shape index (κ1) is 16.1. The summed E-state index contributed by atoms with van der Waals surface area (Å²) < 4.78 is 0. The predicted octanol–water partition coefficient (Wildman–Crippen LogP) is 2.72. The number of carbonyl (C=O) groups is 2. The molecule has 1 aromatic rings. The summed E-state index contributed by atoms with van der Waals surface area (Å²) in [6, 6.07) is 5.44. The number of benzene rings is 1. The highest BCUT2D eigenvalue weighted by molar-refractivity contribution is 6.42. The van der Waals surface area contributed by atoms with Crippen LogP contribution in [-0.2, 0) is 9.59 Å². The van der Waals surface area contributed by atoms with Crippen LogP contribution in [-0.4, -0.2) is 18.4 Å². The lowest BCUT2D eigenvalue weighted by Crippen LogP contribution is -2.42. The van der Waals surface area contributed by atoms with Crippen LogP contribution in [0.15, 0.2) is 18.2 Å². The molecule has 0 spiro atoms. The zero-order valence-electron chi connectivity index (χ0n) is 12.0. The lowest BCUT2D eigenvalue weighted by atomic mass is 9.92. The second-order valence-electron chi connectivity index (χ2n) is 6.06. The fourth-order valence-corrected chi connectivity index (χ4v) is 2.61. The number of nitrogens with one attached hydrogen (secondary N) is 1. The van der Waals surface area contributed by atoms with Gasteiger partial charge < -0.3 is 11.1 Å². The molecule has 0 radical (unpaired) electrons. The first-order valence-electron chi connectivity index (χ1n) is 6.75. The minimum absolute atomic E-state index is 0.0784. The maximum atomic E-state index is 12.1. The van der Waals surface area contributed by atoms with E-state index in [-0.39, 0.29) is 24.3 Å². The van der Waals surface area contributed by atoms with Gasteiger partial charge >= 0.3 is 0 Å². The average Bonchev–Trinajstić information content (AvgIpc) is 3.19. The highest BCUT2D eigenvalue weighted by Crippen LogP contribution is 2.50. The van der Waals surface area contributed by atoms with E-state index in [4.69, 9.17) is 28.9 Å². The Morgan fingerprint density at radius 1 is 1.38 bits per heavy atom. The summed E-state index contributed by atoms with van der Waals surface area (Å²) in [5.74, 6) is -0.545. The maximum absolute atomic E-state index is 12.1. The van der Waals surface area contributed by atoms with Crippen molar-refractivity contribution in [2.24, 2.45) is 17.1 Å². The van der Waals surface area contributed by atoms with Gasteiger partial charge in [-0.25, -0.2) is 0 Å². The molecule has 0 aromatic heterocycles. The Labute approximate surface area is 134 Å². The van der Waals surface area contributed by atoms with Crippen LogP contribution in [0.3, 0.4) is 0 Å². The summed E-state index contributed by atoms with van der Waals surface area (Å²) in [5, 5.41) is 3.79. The molecule has 1 fully saturated rings. The van der Waals surface area contributed by atoms with Crippen LogP contribution in [0.25, 0.3) is 0 Å². The maximum Gasteiger partial charge on any atom is 0.224 e. The second kappa shape index (κ2) is 5.85. The van der Waals surface area contributed by atoms with Gasteiger partial charge in [0.25, 0.3) is 0 Å². The second-order valence-corrected chi connectivity index (χ2v) is 6.84. The fourth-order valence-electron chi connectivity index (χ4n) is 2.16. The van der Waals surface area contributed by atoms with E-state index in [1.807, 2.05) is 12.1 Å². The molecule has 1 aliphatic rings. The van der Waals surface area contributed by atoms with E-state index in [2.05, 4.69) is 5.32 Å². The Morgan fingerprint density at radius 3 is 2.67 bits per heavy atom. The molecule has 4 nitrogen and oxygen atoms in total. The molecule has 0 bridgehead atoms. The third-order valence-corrected chi connectivity index (χ3v) is 4.71. The average molecular weight is 329 g/mol. The normalized spacial score (nSPS) is 21.0. The zero-order chi connectivity index (χ0) is 15.8. The minimum Gasteiger partial charge on any atom is -0.369 e. The number of rotatable bonds is 5.